The van der Waals surface area contributed by atoms with Gasteiger partial charge in [0.05, 0.1) is 5.60 Å². The van der Waals surface area contributed by atoms with Crippen LogP contribution in [0.1, 0.15) is 66.7 Å². The van der Waals surface area contributed by atoms with Gasteiger partial charge in [0, 0.05) is 5.92 Å². The Morgan fingerprint density at radius 2 is 1.80 bits per heavy atom. The Balaban J connectivity index is 4.08. The zero-order chi connectivity index (χ0) is 11.9. The smallest absolute Gasteiger partial charge is 0.158 e. The van der Waals surface area contributed by atoms with Crippen LogP contribution in [0, 0.1) is 5.92 Å². The lowest BCUT2D eigenvalue weighted by Gasteiger charge is -2.31. The van der Waals surface area contributed by atoms with Crippen molar-refractivity contribution in [2.24, 2.45) is 5.92 Å². The first-order valence-corrected chi connectivity index (χ1v) is 6.32. The minimum Gasteiger partial charge on any atom is -0.368 e. The average molecular weight is 216 g/mol. The fraction of sp³-hybridized carbons (Fsp3) is 1.00. The predicted molar refractivity (Wildman–Crippen MR) is 64.8 cm³/mol. The number of unbranched alkanes of at least 4 members (excludes halogenated alkanes) is 1. The van der Waals surface area contributed by atoms with Gasteiger partial charge in [0.25, 0.3) is 0 Å². The number of aliphatic hydroxyl groups is 1. The third kappa shape index (κ3) is 6.16. The van der Waals surface area contributed by atoms with E-state index in [4.69, 9.17) is 4.74 Å². The number of ether oxygens (including phenoxy) is 1. The molecule has 0 saturated heterocycles. The second-order valence-electron chi connectivity index (χ2n) is 4.93. The van der Waals surface area contributed by atoms with Crippen molar-refractivity contribution >= 4 is 0 Å². The van der Waals surface area contributed by atoms with Crippen LogP contribution in [0.3, 0.4) is 0 Å². The van der Waals surface area contributed by atoms with Crippen molar-refractivity contribution in [1.29, 1.82) is 0 Å². The highest BCUT2D eigenvalue weighted by Crippen LogP contribution is 2.23. The summed E-state index contributed by atoms with van der Waals surface area (Å²) in [6.07, 6.45) is 4.73. The maximum atomic E-state index is 9.98. The lowest BCUT2D eigenvalue weighted by atomic mass is 9.98. The number of rotatable bonds is 8. The quantitative estimate of drug-likeness (QED) is 0.626. The van der Waals surface area contributed by atoms with Gasteiger partial charge >= 0.3 is 0 Å². The molecule has 0 aromatic rings. The Morgan fingerprint density at radius 1 is 1.20 bits per heavy atom. The second kappa shape index (κ2) is 7.24. The average Bonchev–Trinajstić information content (AvgIpc) is 2.18. The fourth-order valence-electron chi connectivity index (χ4n) is 1.52. The monoisotopic (exact) mass is 216 g/mol. The van der Waals surface area contributed by atoms with E-state index < -0.39 is 6.29 Å². The third-order valence-corrected chi connectivity index (χ3v) is 3.15. The molecule has 0 heterocycles. The Labute approximate surface area is 95.0 Å². The number of hydrogen-bond donors (Lipinski definition) is 1. The third-order valence-electron chi connectivity index (χ3n) is 3.15. The molecule has 2 heteroatoms. The molecule has 0 aliphatic carbocycles. The van der Waals surface area contributed by atoms with Gasteiger partial charge in [-0.15, -0.1) is 0 Å². The zero-order valence-electron chi connectivity index (χ0n) is 11.0. The largest absolute Gasteiger partial charge is 0.368 e. The molecule has 0 rings (SSSR count). The van der Waals surface area contributed by atoms with Crippen molar-refractivity contribution in [3.63, 3.8) is 0 Å². The summed E-state index contributed by atoms with van der Waals surface area (Å²) < 4.78 is 5.69. The fourth-order valence-corrected chi connectivity index (χ4v) is 1.52. The van der Waals surface area contributed by atoms with Gasteiger partial charge in [0.2, 0.25) is 0 Å². The molecular weight excluding hydrogens is 188 g/mol. The lowest BCUT2D eigenvalue weighted by molar-refractivity contribution is -0.200. The summed E-state index contributed by atoms with van der Waals surface area (Å²) >= 11 is 0. The highest BCUT2D eigenvalue weighted by atomic mass is 16.6. The summed E-state index contributed by atoms with van der Waals surface area (Å²) in [5.74, 6) is 0.288. The lowest BCUT2D eigenvalue weighted by Crippen LogP contribution is -2.34. The molecule has 0 aliphatic rings. The van der Waals surface area contributed by atoms with Gasteiger partial charge in [-0.25, -0.2) is 0 Å². The Morgan fingerprint density at radius 3 is 2.20 bits per heavy atom. The molecule has 0 amide bonds. The molecule has 92 valence electrons. The van der Waals surface area contributed by atoms with Crippen molar-refractivity contribution in [3.05, 3.63) is 0 Å². The van der Waals surface area contributed by atoms with Crippen molar-refractivity contribution in [3.8, 4) is 0 Å². The molecule has 1 N–H and O–H groups in total. The van der Waals surface area contributed by atoms with Crippen molar-refractivity contribution in [2.75, 3.05) is 0 Å². The minimum atomic E-state index is -0.600. The summed E-state index contributed by atoms with van der Waals surface area (Å²) in [4.78, 5) is 0. The summed E-state index contributed by atoms with van der Waals surface area (Å²) in [7, 11) is 0. The topological polar surface area (TPSA) is 29.5 Å². The molecule has 0 fully saturated rings. The van der Waals surface area contributed by atoms with Crippen LogP contribution in [0.25, 0.3) is 0 Å². The maximum Gasteiger partial charge on any atom is 0.158 e. The van der Waals surface area contributed by atoms with Crippen molar-refractivity contribution < 1.29 is 9.84 Å². The normalized spacial score (nSPS) is 16.4. The van der Waals surface area contributed by atoms with Gasteiger partial charge in [-0.2, -0.15) is 0 Å². The molecule has 0 aliphatic heterocycles. The van der Waals surface area contributed by atoms with Crippen LogP contribution in [0.15, 0.2) is 0 Å². The van der Waals surface area contributed by atoms with Crippen LogP contribution >= 0.6 is 0 Å². The van der Waals surface area contributed by atoms with E-state index in [9.17, 15) is 5.11 Å². The van der Waals surface area contributed by atoms with Crippen molar-refractivity contribution in [2.45, 2.75) is 78.6 Å². The van der Waals surface area contributed by atoms with E-state index in [1.165, 1.54) is 12.8 Å². The van der Waals surface area contributed by atoms with Crippen LogP contribution in [0.5, 0.6) is 0 Å². The van der Waals surface area contributed by atoms with E-state index in [2.05, 4.69) is 20.8 Å². The summed E-state index contributed by atoms with van der Waals surface area (Å²) in [5, 5.41) is 9.98. The van der Waals surface area contributed by atoms with Gasteiger partial charge in [-0.05, 0) is 33.1 Å². The summed E-state index contributed by atoms with van der Waals surface area (Å²) in [5.41, 5.74) is -0.209. The van der Waals surface area contributed by atoms with E-state index >= 15 is 0 Å². The summed E-state index contributed by atoms with van der Waals surface area (Å²) in [6, 6.07) is 0. The van der Waals surface area contributed by atoms with Gasteiger partial charge in [-0.1, -0.05) is 33.6 Å². The summed E-state index contributed by atoms with van der Waals surface area (Å²) in [6.45, 7) is 10.4. The van der Waals surface area contributed by atoms with Gasteiger partial charge in [-0.3, -0.25) is 0 Å². The van der Waals surface area contributed by atoms with E-state index in [1.54, 1.807) is 0 Å². The first kappa shape index (κ1) is 14.9. The molecule has 2 atom stereocenters. The molecule has 0 aromatic carbocycles. The zero-order valence-corrected chi connectivity index (χ0v) is 11.0. The molecule has 0 bridgehead atoms. The molecular formula is C13H28O2. The molecule has 15 heavy (non-hydrogen) atoms. The van der Waals surface area contributed by atoms with Crippen LogP contribution in [-0.4, -0.2) is 17.0 Å². The van der Waals surface area contributed by atoms with Crippen molar-refractivity contribution in [1.82, 2.24) is 0 Å². The number of hydrogen-bond acceptors (Lipinski definition) is 2. The Hall–Kier alpha value is -0.0800. The van der Waals surface area contributed by atoms with Crippen LogP contribution in [0.4, 0.5) is 0 Å². The van der Waals surface area contributed by atoms with Gasteiger partial charge in [0.15, 0.2) is 6.29 Å². The van der Waals surface area contributed by atoms with Crippen LogP contribution in [0.2, 0.25) is 0 Å². The highest BCUT2D eigenvalue weighted by Gasteiger charge is 2.25. The standard InChI is InChI=1S/C13H28O2/c1-6-9-10-11(7-2)12(14)15-13(4,5)8-3/h11-12,14H,6-10H2,1-5H3. The van der Waals surface area contributed by atoms with E-state index in [-0.39, 0.29) is 11.5 Å². The first-order valence-electron chi connectivity index (χ1n) is 6.32. The molecule has 0 spiro atoms. The Bertz CT molecular complexity index is 155. The second-order valence-corrected chi connectivity index (χ2v) is 4.93. The Kier molecular flexibility index (Phi) is 7.20. The minimum absolute atomic E-state index is 0.209. The van der Waals surface area contributed by atoms with Gasteiger partial charge < -0.3 is 9.84 Å². The van der Waals surface area contributed by atoms with Gasteiger partial charge in [0.1, 0.15) is 0 Å². The maximum absolute atomic E-state index is 9.98. The first-order chi connectivity index (χ1) is 6.96. The number of aliphatic hydroxyl groups excluding tert-OH is 1. The molecule has 0 saturated carbocycles. The molecule has 2 nitrogen and oxygen atoms in total. The SMILES string of the molecule is CCCCC(CC)C(O)OC(C)(C)CC. The van der Waals surface area contributed by atoms with Crippen LogP contribution in [-0.2, 0) is 4.74 Å². The molecule has 0 aromatic heterocycles. The van der Waals surface area contributed by atoms with E-state index in [1.807, 2.05) is 13.8 Å². The highest BCUT2D eigenvalue weighted by molar-refractivity contribution is 4.69. The molecule has 0 radical (unpaired) electrons. The van der Waals surface area contributed by atoms with E-state index in [0.717, 1.165) is 19.3 Å². The van der Waals surface area contributed by atoms with E-state index in [0.29, 0.717) is 0 Å². The molecule has 2 unspecified atom stereocenters. The predicted octanol–water partition coefficient (Wildman–Crippen LogP) is 3.73. The van der Waals surface area contributed by atoms with Crippen LogP contribution < -0.4 is 0 Å².